The summed E-state index contributed by atoms with van der Waals surface area (Å²) < 4.78 is 5.31. The highest BCUT2D eigenvalue weighted by molar-refractivity contribution is 5.75. The van der Waals surface area contributed by atoms with Crippen LogP contribution in [-0.2, 0) is 22.6 Å². The average molecular weight is 261 g/mol. The molecule has 1 aliphatic rings. The van der Waals surface area contributed by atoms with Crippen LogP contribution in [-0.4, -0.2) is 29.3 Å². The highest BCUT2D eigenvalue weighted by Crippen LogP contribution is 2.23. The molecule has 0 bridgehead atoms. The second-order valence-corrected chi connectivity index (χ2v) is 5.88. The van der Waals surface area contributed by atoms with Crippen LogP contribution in [0.15, 0.2) is 18.2 Å². The summed E-state index contributed by atoms with van der Waals surface area (Å²) in [5.41, 5.74) is 2.52. The lowest BCUT2D eigenvalue weighted by Crippen LogP contribution is -2.32. The molecule has 0 amide bonds. The predicted octanol–water partition coefficient (Wildman–Crippen LogP) is 2.16. The van der Waals surface area contributed by atoms with Crippen molar-refractivity contribution in [2.75, 3.05) is 6.54 Å². The number of benzene rings is 1. The topological polar surface area (TPSA) is 46.6 Å². The lowest BCUT2D eigenvalue weighted by Gasteiger charge is -2.22. The summed E-state index contributed by atoms with van der Waals surface area (Å²) in [6.07, 6.45) is 0.844. The Morgan fingerprint density at radius 1 is 1.32 bits per heavy atom. The molecule has 1 aromatic rings. The molecule has 1 heterocycles. The number of ether oxygens (including phenoxy) is 1. The summed E-state index contributed by atoms with van der Waals surface area (Å²) in [5, 5.41) is 0. The average Bonchev–Trinajstić information content (AvgIpc) is 2.66. The number of fused-ring (bicyclic) bond motifs is 1. The van der Waals surface area contributed by atoms with Crippen molar-refractivity contribution >= 4 is 12.3 Å². The molecular weight excluding hydrogens is 242 g/mol. The van der Waals surface area contributed by atoms with Gasteiger partial charge in [0.2, 0.25) is 0 Å². The first-order chi connectivity index (χ1) is 8.87. The molecule has 0 atom stereocenters. The van der Waals surface area contributed by atoms with Gasteiger partial charge in [0, 0.05) is 18.7 Å². The molecule has 0 N–H and O–H groups in total. The number of nitrogens with zero attached hydrogens (tertiary/aromatic N) is 1. The molecule has 4 nitrogen and oxygen atoms in total. The zero-order valence-electron chi connectivity index (χ0n) is 11.6. The highest BCUT2D eigenvalue weighted by atomic mass is 16.6. The maximum absolute atomic E-state index is 11.8. The molecule has 1 aromatic carbocycles. The number of hydrogen-bond donors (Lipinski definition) is 0. The lowest BCUT2D eigenvalue weighted by atomic mass is 10.1. The zero-order chi connectivity index (χ0) is 14.0. The minimum absolute atomic E-state index is 0.212. The third-order valence-electron chi connectivity index (χ3n) is 2.93. The summed E-state index contributed by atoms with van der Waals surface area (Å²) >= 11 is 0. The molecule has 0 saturated heterocycles. The van der Waals surface area contributed by atoms with Gasteiger partial charge in [-0.15, -0.1) is 0 Å². The summed E-state index contributed by atoms with van der Waals surface area (Å²) in [5.74, 6) is -0.212. The minimum atomic E-state index is -0.450. The van der Waals surface area contributed by atoms with Crippen LogP contribution in [0.25, 0.3) is 0 Å². The standard InChI is InChI=1S/C15H19NO3/c1-15(2,3)19-14(18)9-16-7-12-5-4-11(10-17)6-13(12)8-16/h4-6,10H,7-9H2,1-3H3. The molecule has 0 aliphatic carbocycles. The fourth-order valence-electron chi connectivity index (χ4n) is 2.23. The van der Waals surface area contributed by atoms with E-state index in [9.17, 15) is 9.59 Å². The van der Waals surface area contributed by atoms with Gasteiger partial charge in [0.1, 0.15) is 11.9 Å². The first-order valence-corrected chi connectivity index (χ1v) is 6.38. The monoisotopic (exact) mass is 261 g/mol. The third-order valence-corrected chi connectivity index (χ3v) is 2.93. The molecule has 0 spiro atoms. The Labute approximate surface area is 113 Å². The van der Waals surface area contributed by atoms with Crippen molar-refractivity contribution in [3.8, 4) is 0 Å². The molecule has 1 aliphatic heterocycles. The van der Waals surface area contributed by atoms with Crippen molar-refractivity contribution < 1.29 is 14.3 Å². The predicted molar refractivity (Wildman–Crippen MR) is 71.8 cm³/mol. The van der Waals surface area contributed by atoms with Gasteiger partial charge in [0.25, 0.3) is 0 Å². The molecule has 0 aromatic heterocycles. The van der Waals surface area contributed by atoms with Crippen molar-refractivity contribution in [1.29, 1.82) is 0 Å². The third kappa shape index (κ3) is 3.64. The Bertz CT molecular complexity index is 503. The van der Waals surface area contributed by atoms with Gasteiger partial charge in [-0.1, -0.05) is 12.1 Å². The van der Waals surface area contributed by atoms with E-state index in [1.165, 1.54) is 5.56 Å². The van der Waals surface area contributed by atoms with Crippen LogP contribution in [0.1, 0.15) is 42.3 Å². The van der Waals surface area contributed by atoms with Crippen molar-refractivity contribution in [3.63, 3.8) is 0 Å². The first kappa shape index (κ1) is 13.7. The van der Waals surface area contributed by atoms with Crippen LogP contribution in [0.5, 0.6) is 0 Å². The molecule has 2 rings (SSSR count). The van der Waals surface area contributed by atoms with Crippen molar-refractivity contribution in [2.45, 2.75) is 39.5 Å². The second-order valence-electron chi connectivity index (χ2n) is 5.88. The van der Waals surface area contributed by atoms with E-state index in [2.05, 4.69) is 0 Å². The number of carbonyl (C=O) groups excluding carboxylic acids is 2. The van der Waals surface area contributed by atoms with Gasteiger partial charge in [-0.3, -0.25) is 14.5 Å². The van der Waals surface area contributed by atoms with Gasteiger partial charge in [0.15, 0.2) is 0 Å². The Morgan fingerprint density at radius 3 is 2.63 bits per heavy atom. The van der Waals surface area contributed by atoms with E-state index in [0.717, 1.165) is 18.4 Å². The van der Waals surface area contributed by atoms with Gasteiger partial charge >= 0.3 is 5.97 Å². The van der Waals surface area contributed by atoms with Gasteiger partial charge in [-0.2, -0.15) is 0 Å². The number of esters is 1. The number of hydrogen-bond acceptors (Lipinski definition) is 4. The van der Waals surface area contributed by atoms with Crippen LogP contribution in [0, 0.1) is 0 Å². The maximum atomic E-state index is 11.8. The van der Waals surface area contributed by atoms with Crippen LogP contribution >= 0.6 is 0 Å². The van der Waals surface area contributed by atoms with Gasteiger partial charge in [-0.25, -0.2) is 0 Å². The number of aldehydes is 1. The number of rotatable bonds is 3. The Hall–Kier alpha value is -1.68. The Morgan fingerprint density at radius 2 is 2.00 bits per heavy atom. The lowest BCUT2D eigenvalue weighted by molar-refractivity contribution is -0.156. The van der Waals surface area contributed by atoms with E-state index in [1.54, 1.807) is 0 Å². The van der Waals surface area contributed by atoms with Gasteiger partial charge in [-0.05, 0) is 38.0 Å². The van der Waals surface area contributed by atoms with Crippen molar-refractivity contribution in [3.05, 3.63) is 34.9 Å². The SMILES string of the molecule is CC(C)(C)OC(=O)CN1Cc2ccc(C=O)cc2C1. The van der Waals surface area contributed by atoms with Gasteiger partial charge < -0.3 is 4.74 Å². The van der Waals surface area contributed by atoms with E-state index in [0.29, 0.717) is 12.1 Å². The molecule has 4 heteroatoms. The molecule has 102 valence electrons. The molecule has 0 unspecified atom stereocenters. The maximum Gasteiger partial charge on any atom is 0.320 e. The molecule has 0 fully saturated rings. The second kappa shape index (κ2) is 5.13. The van der Waals surface area contributed by atoms with E-state index in [1.807, 2.05) is 43.9 Å². The smallest absolute Gasteiger partial charge is 0.320 e. The van der Waals surface area contributed by atoms with Gasteiger partial charge in [0.05, 0.1) is 6.54 Å². The quantitative estimate of drug-likeness (QED) is 0.618. The van der Waals surface area contributed by atoms with Crippen LogP contribution < -0.4 is 0 Å². The summed E-state index contributed by atoms with van der Waals surface area (Å²) in [6.45, 7) is 7.28. The van der Waals surface area contributed by atoms with Crippen molar-refractivity contribution in [2.24, 2.45) is 0 Å². The van der Waals surface area contributed by atoms with E-state index < -0.39 is 5.60 Å². The van der Waals surface area contributed by atoms with Crippen LogP contribution in [0.3, 0.4) is 0 Å². The molecule has 19 heavy (non-hydrogen) atoms. The first-order valence-electron chi connectivity index (χ1n) is 6.38. The molecule has 0 saturated carbocycles. The summed E-state index contributed by atoms with van der Waals surface area (Å²) in [4.78, 5) is 24.5. The van der Waals surface area contributed by atoms with Crippen LogP contribution in [0.2, 0.25) is 0 Å². The van der Waals surface area contributed by atoms with E-state index in [4.69, 9.17) is 4.74 Å². The van der Waals surface area contributed by atoms with Crippen LogP contribution in [0.4, 0.5) is 0 Å². The molecule has 0 radical (unpaired) electrons. The van der Waals surface area contributed by atoms with E-state index in [-0.39, 0.29) is 12.5 Å². The normalized spacial score (nSPS) is 15.1. The highest BCUT2D eigenvalue weighted by Gasteiger charge is 2.24. The largest absolute Gasteiger partial charge is 0.459 e. The minimum Gasteiger partial charge on any atom is -0.459 e. The zero-order valence-corrected chi connectivity index (χ0v) is 11.6. The van der Waals surface area contributed by atoms with E-state index >= 15 is 0 Å². The fourth-order valence-corrected chi connectivity index (χ4v) is 2.23. The Balaban J connectivity index is 1.97. The summed E-state index contributed by atoms with van der Waals surface area (Å²) in [7, 11) is 0. The van der Waals surface area contributed by atoms with Crippen molar-refractivity contribution in [1.82, 2.24) is 4.90 Å². The Kier molecular flexibility index (Phi) is 3.71. The molecular formula is C15H19NO3. The summed E-state index contributed by atoms with van der Waals surface area (Å²) in [6, 6.07) is 5.65. The number of carbonyl (C=O) groups is 2. The fraction of sp³-hybridized carbons (Fsp3) is 0.467.